The van der Waals surface area contributed by atoms with Gasteiger partial charge in [-0.15, -0.1) is 0 Å². The van der Waals surface area contributed by atoms with Crippen molar-refractivity contribution in [1.29, 1.82) is 0 Å². The number of hydrogen-bond acceptors (Lipinski definition) is 3. The summed E-state index contributed by atoms with van der Waals surface area (Å²) >= 11 is 0. The summed E-state index contributed by atoms with van der Waals surface area (Å²) in [6.45, 7) is 11.5. The Kier molecular flexibility index (Phi) is 8.52. The summed E-state index contributed by atoms with van der Waals surface area (Å²) in [5.74, 6) is 0.244. The normalized spacial score (nSPS) is 15.3. The second-order valence-electron chi connectivity index (χ2n) is 6.87. The Morgan fingerprint density at radius 3 is 2.11 bits per heavy atom. The van der Waals surface area contributed by atoms with Crippen molar-refractivity contribution in [3.63, 3.8) is 0 Å². The number of benzene rings is 1. The Morgan fingerprint density at radius 1 is 0.963 bits per heavy atom. The summed E-state index contributed by atoms with van der Waals surface area (Å²) in [4.78, 5) is 31.1. The van der Waals surface area contributed by atoms with Crippen molar-refractivity contribution in [1.82, 2.24) is 14.7 Å². The lowest BCUT2D eigenvalue weighted by molar-refractivity contribution is -0.137. The van der Waals surface area contributed by atoms with Gasteiger partial charge in [-0.2, -0.15) is 0 Å². The molecule has 1 fully saturated rings. The van der Waals surface area contributed by atoms with Gasteiger partial charge >= 0.3 is 0 Å². The molecule has 1 aliphatic rings. The van der Waals surface area contributed by atoms with Gasteiger partial charge in [0, 0.05) is 45.2 Å². The molecule has 5 heteroatoms. The lowest BCUT2D eigenvalue weighted by Crippen LogP contribution is -2.50. The van der Waals surface area contributed by atoms with Gasteiger partial charge in [0.2, 0.25) is 11.8 Å². The molecule has 1 saturated heterocycles. The molecule has 2 rings (SSSR count). The Balaban J connectivity index is 1.86. The average molecular weight is 372 g/mol. The van der Waals surface area contributed by atoms with Crippen molar-refractivity contribution in [3.8, 4) is 0 Å². The van der Waals surface area contributed by atoms with Crippen molar-refractivity contribution in [3.05, 3.63) is 42.0 Å². The maximum Gasteiger partial charge on any atom is 0.246 e. The standard InChI is InChI=1S/C22H33N3O2/c1-4-19(20-10-8-7-9-11-20)18-22(27)25-16-14-24(15-17-25)21(26)12-13-23(5-2)6-3/h7-11,18H,4-6,12-17H2,1-3H3/b19-18+. The highest BCUT2D eigenvalue weighted by atomic mass is 16.2. The predicted octanol–water partition coefficient (Wildman–Crippen LogP) is 2.88. The predicted molar refractivity (Wildman–Crippen MR) is 110 cm³/mol. The Hall–Kier alpha value is -2.14. The summed E-state index contributed by atoms with van der Waals surface area (Å²) in [6.07, 6.45) is 3.14. The number of carbonyl (C=O) groups is 2. The first kappa shape index (κ1) is 21.2. The molecule has 0 unspecified atom stereocenters. The summed E-state index contributed by atoms with van der Waals surface area (Å²) in [6, 6.07) is 10.0. The molecule has 0 spiro atoms. The number of nitrogens with zero attached hydrogens (tertiary/aromatic N) is 3. The van der Waals surface area contributed by atoms with Crippen LogP contribution in [-0.2, 0) is 9.59 Å². The molecule has 0 bridgehead atoms. The Labute approximate surface area is 163 Å². The van der Waals surface area contributed by atoms with Gasteiger partial charge < -0.3 is 14.7 Å². The van der Waals surface area contributed by atoms with Gasteiger partial charge in [-0.25, -0.2) is 0 Å². The molecule has 0 aromatic heterocycles. The zero-order chi connectivity index (χ0) is 19.6. The van der Waals surface area contributed by atoms with E-state index >= 15 is 0 Å². The topological polar surface area (TPSA) is 43.9 Å². The number of amides is 2. The molecule has 1 aromatic rings. The maximum atomic E-state index is 12.6. The molecule has 0 aliphatic carbocycles. The highest BCUT2D eigenvalue weighted by Gasteiger charge is 2.23. The van der Waals surface area contributed by atoms with Gasteiger partial charge in [0.05, 0.1) is 0 Å². The van der Waals surface area contributed by atoms with Crippen molar-refractivity contribution < 1.29 is 9.59 Å². The van der Waals surface area contributed by atoms with Gasteiger partial charge in [0.1, 0.15) is 0 Å². The molecule has 27 heavy (non-hydrogen) atoms. The first-order valence-corrected chi connectivity index (χ1v) is 10.1. The molecule has 1 aliphatic heterocycles. The van der Waals surface area contributed by atoms with E-state index in [1.165, 1.54) is 0 Å². The van der Waals surface area contributed by atoms with E-state index in [4.69, 9.17) is 0 Å². The van der Waals surface area contributed by atoms with E-state index in [0.29, 0.717) is 32.6 Å². The Morgan fingerprint density at radius 2 is 1.56 bits per heavy atom. The Bertz CT molecular complexity index is 630. The number of allylic oxidation sites excluding steroid dienone is 1. The first-order chi connectivity index (χ1) is 13.1. The van der Waals surface area contributed by atoms with Crippen LogP contribution in [0.15, 0.2) is 36.4 Å². The number of carbonyl (C=O) groups excluding carboxylic acids is 2. The fraction of sp³-hybridized carbons (Fsp3) is 0.545. The number of piperazine rings is 1. The first-order valence-electron chi connectivity index (χ1n) is 10.1. The van der Waals surface area contributed by atoms with Crippen LogP contribution >= 0.6 is 0 Å². The van der Waals surface area contributed by atoms with E-state index in [-0.39, 0.29) is 11.8 Å². The largest absolute Gasteiger partial charge is 0.339 e. The van der Waals surface area contributed by atoms with Gasteiger partial charge in [-0.3, -0.25) is 9.59 Å². The number of hydrogen-bond donors (Lipinski definition) is 0. The fourth-order valence-corrected chi connectivity index (χ4v) is 3.41. The average Bonchev–Trinajstić information content (AvgIpc) is 2.73. The van der Waals surface area contributed by atoms with Gasteiger partial charge in [0.25, 0.3) is 0 Å². The summed E-state index contributed by atoms with van der Waals surface area (Å²) in [5.41, 5.74) is 2.15. The van der Waals surface area contributed by atoms with Gasteiger partial charge in [0.15, 0.2) is 0 Å². The molecular weight excluding hydrogens is 338 g/mol. The van der Waals surface area contributed by atoms with E-state index in [1.54, 1.807) is 6.08 Å². The van der Waals surface area contributed by atoms with Crippen LogP contribution in [0.4, 0.5) is 0 Å². The molecule has 1 heterocycles. The SMILES string of the molecule is CC/C(=C\C(=O)N1CCN(C(=O)CCN(CC)CC)CC1)c1ccccc1. The van der Waals surface area contributed by atoms with Crippen molar-refractivity contribution in [2.45, 2.75) is 33.6 Å². The maximum absolute atomic E-state index is 12.6. The van der Waals surface area contributed by atoms with Gasteiger partial charge in [-0.05, 0) is 30.6 Å². The minimum Gasteiger partial charge on any atom is -0.339 e. The fourth-order valence-electron chi connectivity index (χ4n) is 3.41. The zero-order valence-electron chi connectivity index (χ0n) is 17.0. The van der Waals surface area contributed by atoms with Crippen molar-refractivity contribution >= 4 is 17.4 Å². The van der Waals surface area contributed by atoms with Crippen LogP contribution in [0.3, 0.4) is 0 Å². The molecule has 2 amide bonds. The van der Waals surface area contributed by atoms with Gasteiger partial charge in [-0.1, -0.05) is 51.1 Å². The third kappa shape index (κ3) is 6.21. The van der Waals surface area contributed by atoms with E-state index in [2.05, 4.69) is 25.7 Å². The summed E-state index contributed by atoms with van der Waals surface area (Å²) in [7, 11) is 0. The highest BCUT2D eigenvalue weighted by molar-refractivity contribution is 5.95. The minimum atomic E-state index is 0.0472. The quantitative estimate of drug-likeness (QED) is 0.660. The lowest BCUT2D eigenvalue weighted by Gasteiger charge is -2.34. The van der Waals surface area contributed by atoms with Crippen LogP contribution in [0.2, 0.25) is 0 Å². The minimum absolute atomic E-state index is 0.0472. The molecule has 5 nitrogen and oxygen atoms in total. The van der Waals surface area contributed by atoms with Crippen LogP contribution < -0.4 is 0 Å². The van der Waals surface area contributed by atoms with Crippen LogP contribution in [-0.4, -0.2) is 72.3 Å². The second kappa shape index (κ2) is 10.9. The molecule has 1 aromatic carbocycles. The van der Waals surface area contributed by atoms with Crippen molar-refractivity contribution in [2.24, 2.45) is 0 Å². The molecule has 0 N–H and O–H groups in total. The monoisotopic (exact) mass is 371 g/mol. The smallest absolute Gasteiger partial charge is 0.246 e. The zero-order valence-corrected chi connectivity index (χ0v) is 17.0. The van der Waals surface area contributed by atoms with E-state index < -0.39 is 0 Å². The molecular formula is C22H33N3O2. The third-order valence-electron chi connectivity index (χ3n) is 5.30. The number of rotatable bonds is 8. The van der Waals surface area contributed by atoms with E-state index in [0.717, 1.165) is 37.2 Å². The summed E-state index contributed by atoms with van der Waals surface area (Å²) in [5, 5.41) is 0. The second-order valence-corrected chi connectivity index (χ2v) is 6.87. The van der Waals surface area contributed by atoms with Crippen LogP contribution in [0, 0.1) is 0 Å². The van der Waals surface area contributed by atoms with E-state index in [1.807, 2.05) is 40.1 Å². The molecule has 0 saturated carbocycles. The highest BCUT2D eigenvalue weighted by Crippen LogP contribution is 2.18. The van der Waals surface area contributed by atoms with Crippen LogP contribution in [0.1, 0.15) is 39.2 Å². The molecule has 0 radical (unpaired) electrons. The van der Waals surface area contributed by atoms with Crippen LogP contribution in [0.25, 0.3) is 5.57 Å². The third-order valence-corrected chi connectivity index (χ3v) is 5.30. The molecule has 0 atom stereocenters. The lowest BCUT2D eigenvalue weighted by atomic mass is 10.0. The molecule has 148 valence electrons. The van der Waals surface area contributed by atoms with E-state index in [9.17, 15) is 9.59 Å². The van der Waals surface area contributed by atoms with Crippen LogP contribution in [0.5, 0.6) is 0 Å². The summed E-state index contributed by atoms with van der Waals surface area (Å²) < 4.78 is 0. The van der Waals surface area contributed by atoms with Crippen molar-refractivity contribution in [2.75, 3.05) is 45.8 Å².